The Morgan fingerprint density at radius 1 is 1.10 bits per heavy atom. The quantitative estimate of drug-likeness (QED) is 0.874. The minimum absolute atomic E-state index is 0.255. The van der Waals surface area contributed by atoms with Crippen LogP contribution in [-0.4, -0.2) is 23.1 Å². The van der Waals surface area contributed by atoms with E-state index < -0.39 is 0 Å². The number of nitrogens with two attached hydrogens (primary N) is 1. The average Bonchev–Trinajstić information content (AvgIpc) is 2.47. The van der Waals surface area contributed by atoms with Gasteiger partial charge < -0.3 is 10.5 Å². The highest BCUT2D eigenvalue weighted by Gasteiger charge is 2.37. The van der Waals surface area contributed by atoms with Crippen molar-refractivity contribution < 1.29 is 4.74 Å². The maximum atomic E-state index is 6.14. The lowest BCUT2D eigenvalue weighted by Gasteiger charge is -2.36. The Morgan fingerprint density at radius 3 is 2.24 bits per heavy atom. The Balaban J connectivity index is 2.33. The van der Waals surface area contributed by atoms with Crippen LogP contribution in [0.15, 0.2) is 0 Å². The van der Waals surface area contributed by atoms with E-state index in [9.17, 15) is 0 Å². The normalized spacial score (nSPS) is 17.9. The summed E-state index contributed by atoms with van der Waals surface area (Å²) in [4.78, 5) is 9.65. The second-order valence-electron chi connectivity index (χ2n) is 6.08. The molecule has 1 aliphatic rings. The molecular formula is C17H29N3O. The van der Waals surface area contributed by atoms with Crippen LogP contribution in [-0.2, 0) is 16.8 Å². The standard InChI is InChI=1S/C17H29N3O/c1-4-21-17(10-6-5-7-11-17)16-19-13(2)15(9-8-12-18)14(3)20-16/h4-12,18H2,1-3H3. The summed E-state index contributed by atoms with van der Waals surface area (Å²) in [5.41, 5.74) is 8.81. The van der Waals surface area contributed by atoms with Gasteiger partial charge in [-0.1, -0.05) is 19.3 Å². The lowest BCUT2D eigenvalue weighted by atomic mass is 9.83. The molecule has 1 aromatic heterocycles. The molecule has 0 atom stereocenters. The molecule has 0 bridgehead atoms. The van der Waals surface area contributed by atoms with E-state index in [1.54, 1.807) is 0 Å². The number of aryl methyl sites for hydroxylation is 2. The van der Waals surface area contributed by atoms with E-state index in [2.05, 4.69) is 20.8 Å². The lowest BCUT2D eigenvalue weighted by molar-refractivity contribution is -0.0769. The van der Waals surface area contributed by atoms with Crippen LogP contribution >= 0.6 is 0 Å². The third kappa shape index (κ3) is 3.61. The molecule has 1 fully saturated rings. The van der Waals surface area contributed by atoms with Crippen molar-refractivity contribution in [2.45, 2.75) is 71.3 Å². The van der Waals surface area contributed by atoms with Gasteiger partial charge in [-0.15, -0.1) is 0 Å². The van der Waals surface area contributed by atoms with Crippen molar-refractivity contribution in [2.24, 2.45) is 5.73 Å². The highest BCUT2D eigenvalue weighted by molar-refractivity contribution is 5.26. The van der Waals surface area contributed by atoms with Gasteiger partial charge in [-0.25, -0.2) is 9.97 Å². The van der Waals surface area contributed by atoms with Crippen molar-refractivity contribution in [1.29, 1.82) is 0 Å². The molecule has 0 amide bonds. The fourth-order valence-electron chi connectivity index (χ4n) is 3.42. The maximum Gasteiger partial charge on any atom is 0.160 e. The molecule has 0 aromatic carbocycles. The van der Waals surface area contributed by atoms with Gasteiger partial charge in [0.15, 0.2) is 5.82 Å². The molecule has 0 unspecified atom stereocenters. The topological polar surface area (TPSA) is 61.0 Å². The number of hydrogen-bond donors (Lipinski definition) is 1. The van der Waals surface area contributed by atoms with E-state index >= 15 is 0 Å². The third-order valence-corrected chi connectivity index (χ3v) is 4.54. The highest BCUT2D eigenvalue weighted by atomic mass is 16.5. The van der Waals surface area contributed by atoms with Crippen LogP contribution in [0.4, 0.5) is 0 Å². The number of hydrogen-bond acceptors (Lipinski definition) is 4. The molecule has 2 rings (SSSR count). The molecule has 0 radical (unpaired) electrons. The van der Waals surface area contributed by atoms with Gasteiger partial charge in [-0.05, 0) is 58.6 Å². The van der Waals surface area contributed by atoms with Crippen molar-refractivity contribution in [2.75, 3.05) is 13.2 Å². The molecule has 2 N–H and O–H groups in total. The Kier molecular flexibility index (Phi) is 5.71. The zero-order chi connectivity index (χ0) is 15.3. The molecule has 21 heavy (non-hydrogen) atoms. The molecule has 1 heterocycles. The van der Waals surface area contributed by atoms with Gasteiger partial charge in [-0.3, -0.25) is 0 Å². The van der Waals surface area contributed by atoms with Gasteiger partial charge in [0.05, 0.1) is 0 Å². The molecule has 4 heteroatoms. The summed E-state index contributed by atoms with van der Waals surface area (Å²) in [7, 11) is 0. The first-order valence-electron chi connectivity index (χ1n) is 8.31. The summed E-state index contributed by atoms with van der Waals surface area (Å²) in [6.07, 6.45) is 7.74. The summed E-state index contributed by atoms with van der Waals surface area (Å²) in [6, 6.07) is 0. The largest absolute Gasteiger partial charge is 0.367 e. The molecule has 0 spiro atoms. The molecule has 118 valence electrons. The smallest absolute Gasteiger partial charge is 0.160 e. The number of rotatable bonds is 6. The first kappa shape index (κ1) is 16.4. The van der Waals surface area contributed by atoms with Crippen LogP contribution in [0, 0.1) is 13.8 Å². The Labute approximate surface area is 128 Å². The first-order valence-corrected chi connectivity index (χ1v) is 8.31. The molecule has 1 aromatic rings. The second kappa shape index (κ2) is 7.32. The highest BCUT2D eigenvalue weighted by Crippen LogP contribution is 2.39. The number of ether oxygens (including phenoxy) is 1. The van der Waals surface area contributed by atoms with E-state index in [0.29, 0.717) is 6.54 Å². The Bertz CT molecular complexity index is 439. The fraction of sp³-hybridized carbons (Fsp3) is 0.765. The first-order chi connectivity index (χ1) is 10.1. The van der Waals surface area contributed by atoms with E-state index in [0.717, 1.165) is 49.5 Å². The minimum atomic E-state index is -0.255. The third-order valence-electron chi connectivity index (χ3n) is 4.54. The minimum Gasteiger partial charge on any atom is -0.367 e. The zero-order valence-corrected chi connectivity index (χ0v) is 13.7. The lowest BCUT2D eigenvalue weighted by Crippen LogP contribution is -2.35. The van der Waals surface area contributed by atoms with Crippen molar-refractivity contribution in [1.82, 2.24) is 9.97 Å². The van der Waals surface area contributed by atoms with Gasteiger partial charge in [-0.2, -0.15) is 0 Å². The number of aromatic nitrogens is 2. The molecule has 0 aliphatic heterocycles. The Hall–Kier alpha value is -1.00. The summed E-state index contributed by atoms with van der Waals surface area (Å²) < 4.78 is 6.14. The van der Waals surface area contributed by atoms with Crippen LogP contribution in [0.25, 0.3) is 0 Å². The van der Waals surface area contributed by atoms with Crippen LogP contribution < -0.4 is 5.73 Å². The fourth-order valence-corrected chi connectivity index (χ4v) is 3.42. The van der Waals surface area contributed by atoms with Crippen molar-refractivity contribution in [3.63, 3.8) is 0 Å². The van der Waals surface area contributed by atoms with Gasteiger partial charge in [0, 0.05) is 18.0 Å². The maximum absolute atomic E-state index is 6.14. The Morgan fingerprint density at radius 2 is 1.71 bits per heavy atom. The van der Waals surface area contributed by atoms with Gasteiger partial charge in [0.25, 0.3) is 0 Å². The van der Waals surface area contributed by atoms with Crippen LogP contribution in [0.1, 0.15) is 68.2 Å². The SMILES string of the molecule is CCOC1(c2nc(C)c(CCCN)c(C)n2)CCCCC1. The molecule has 4 nitrogen and oxygen atoms in total. The van der Waals surface area contributed by atoms with Crippen molar-refractivity contribution in [3.8, 4) is 0 Å². The molecular weight excluding hydrogens is 262 g/mol. The number of nitrogens with zero attached hydrogens (tertiary/aromatic N) is 2. The molecule has 1 saturated carbocycles. The summed E-state index contributed by atoms with van der Waals surface area (Å²) >= 11 is 0. The predicted molar refractivity (Wildman–Crippen MR) is 85.3 cm³/mol. The van der Waals surface area contributed by atoms with Crippen LogP contribution in [0.5, 0.6) is 0 Å². The van der Waals surface area contributed by atoms with E-state index in [-0.39, 0.29) is 5.60 Å². The van der Waals surface area contributed by atoms with Gasteiger partial charge in [0.1, 0.15) is 5.60 Å². The van der Waals surface area contributed by atoms with E-state index in [4.69, 9.17) is 20.4 Å². The summed E-state index contributed by atoms with van der Waals surface area (Å²) in [5.74, 6) is 0.899. The van der Waals surface area contributed by atoms with Crippen LogP contribution in [0.2, 0.25) is 0 Å². The van der Waals surface area contributed by atoms with Gasteiger partial charge >= 0.3 is 0 Å². The van der Waals surface area contributed by atoms with Crippen molar-refractivity contribution >= 4 is 0 Å². The predicted octanol–water partition coefficient (Wildman–Crippen LogP) is 3.18. The average molecular weight is 291 g/mol. The molecule has 0 saturated heterocycles. The summed E-state index contributed by atoms with van der Waals surface area (Å²) in [5, 5.41) is 0. The monoisotopic (exact) mass is 291 g/mol. The molecule has 1 aliphatic carbocycles. The van der Waals surface area contributed by atoms with E-state index in [1.807, 2.05) is 0 Å². The zero-order valence-electron chi connectivity index (χ0n) is 13.7. The van der Waals surface area contributed by atoms with Gasteiger partial charge in [0.2, 0.25) is 0 Å². The second-order valence-corrected chi connectivity index (χ2v) is 6.08. The summed E-state index contributed by atoms with van der Waals surface area (Å²) in [6.45, 7) is 7.67. The van der Waals surface area contributed by atoms with Crippen LogP contribution in [0.3, 0.4) is 0 Å². The van der Waals surface area contributed by atoms with E-state index in [1.165, 1.54) is 24.8 Å². The van der Waals surface area contributed by atoms with Crippen molar-refractivity contribution in [3.05, 3.63) is 22.8 Å².